The number of fused-ring (bicyclic) bond motifs is 2. The quantitative estimate of drug-likeness (QED) is 0.939. The zero-order chi connectivity index (χ0) is 16.5. The molecule has 0 radical (unpaired) electrons. The van der Waals surface area contributed by atoms with Crippen LogP contribution in [0.15, 0.2) is 23.0 Å². The molecule has 1 aliphatic heterocycles. The average Bonchev–Trinajstić information content (AvgIpc) is 3.03. The monoisotopic (exact) mass is 325 g/mol. The molecule has 1 fully saturated rings. The number of aromatic amines is 1. The number of piperazine rings is 1. The summed E-state index contributed by atoms with van der Waals surface area (Å²) in [5, 5.41) is 1.19. The van der Waals surface area contributed by atoms with E-state index in [9.17, 15) is 4.79 Å². The fourth-order valence-electron chi connectivity index (χ4n) is 4.17. The van der Waals surface area contributed by atoms with Gasteiger partial charge in [-0.1, -0.05) is 6.92 Å². The second-order valence-electron chi connectivity index (χ2n) is 7.30. The first kappa shape index (κ1) is 15.9. The molecule has 2 aliphatic rings. The number of hydrogen-bond donors (Lipinski definition) is 1. The van der Waals surface area contributed by atoms with Gasteiger partial charge in [-0.15, -0.1) is 0 Å². The Morgan fingerprint density at radius 3 is 2.46 bits per heavy atom. The highest BCUT2D eigenvalue weighted by Crippen LogP contribution is 2.26. The van der Waals surface area contributed by atoms with Gasteiger partial charge in [0.2, 0.25) is 0 Å². The minimum atomic E-state index is 0.0800. The lowest BCUT2D eigenvalue weighted by Crippen LogP contribution is -2.46. The summed E-state index contributed by atoms with van der Waals surface area (Å²) in [6.45, 7) is 8.54. The number of nitrogens with zero attached hydrogens (tertiary/aromatic N) is 2. The van der Waals surface area contributed by atoms with E-state index < -0.39 is 0 Å². The van der Waals surface area contributed by atoms with E-state index in [0.29, 0.717) is 0 Å². The van der Waals surface area contributed by atoms with E-state index in [0.717, 1.165) is 50.2 Å². The summed E-state index contributed by atoms with van der Waals surface area (Å²) in [6, 6.07) is 6.59. The number of pyridine rings is 1. The van der Waals surface area contributed by atoms with E-state index in [1.807, 2.05) is 0 Å². The molecule has 0 unspecified atom stereocenters. The van der Waals surface area contributed by atoms with Crippen molar-refractivity contribution in [3.8, 4) is 0 Å². The fourth-order valence-corrected chi connectivity index (χ4v) is 4.17. The molecular formula is C20H27N3O. The van der Waals surface area contributed by atoms with Crippen LogP contribution in [0.1, 0.15) is 36.5 Å². The lowest BCUT2D eigenvalue weighted by Gasteiger charge is -2.34. The number of rotatable bonds is 4. The van der Waals surface area contributed by atoms with Gasteiger partial charge in [-0.05, 0) is 66.9 Å². The predicted octanol–water partition coefficient (Wildman–Crippen LogP) is 2.54. The first-order chi connectivity index (χ1) is 11.7. The zero-order valence-corrected chi connectivity index (χ0v) is 14.6. The van der Waals surface area contributed by atoms with Crippen LogP contribution in [-0.4, -0.2) is 47.5 Å². The smallest absolute Gasteiger partial charge is 0.252 e. The van der Waals surface area contributed by atoms with Crippen LogP contribution in [0.5, 0.6) is 0 Å². The molecule has 4 heteroatoms. The van der Waals surface area contributed by atoms with E-state index in [4.69, 9.17) is 0 Å². The van der Waals surface area contributed by atoms with Crippen LogP contribution in [0, 0.1) is 0 Å². The van der Waals surface area contributed by atoms with Gasteiger partial charge in [-0.2, -0.15) is 0 Å². The molecule has 4 nitrogen and oxygen atoms in total. The standard InChI is InChI=1S/C20H27N3O/c1-2-6-22-7-9-23(10-8-22)14-18-12-17-11-15-4-3-5-16(15)13-19(17)21-20(18)24/h11-13H,2-10,14H2,1H3,(H,21,24). The summed E-state index contributed by atoms with van der Waals surface area (Å²) in [5.74, 6) is 0. The van der Waals surface area contributed by atoms with Gasteiger partial charge in [0.25, 0.3) is 5.56 Å². The van der Waals surface area contributed by atoms with Crippen LogP contribution in [-0.2, 0) is 19.4 Å². The topological polar surface area (TPSA) is 39.3 Å². The molecule has 0 saturated carbocycles. The second kappa shape index (κ2) is 6.69. The van der Waals surface area contributed by atoms with Crippen LogP contribution >= 0.6 is 0 Å². The first-order valence-corrected chi connectivity index (χ1v) is 9.35. The van der Waals surface area contributed by atoms with Crippen LogP contribution in [0.4, 0.5) is 0 Å². The zero-order valence-electron chi connectivity index (χ0n) is 14.6. The Morgan fingerprint density at radius 2 is 1.71 bits per heavy atom. The van der Waals surface area contributed by atoms with E-state index >= 15 is 0 Å². The maximum absolute atomic E-state index is 12.5. The van der Waals surface area contributed by atoms with Crippen molar-refractivity contribution in [3.63, 3.8) is 0 Å². The summed E-state index contributed by atoms with van der Waals surface area (Å²) in [7, 11) is 0. The highest BCUT2D eigenvalue weighted by molar-refractivity contribution is 5.81. The molecule has 0 amide bonds. The van der Waals surface area contributed by atoms with Crippen LogP contribution in [0.2, 0.25) is 0 Å². The Morgan fingerprint density at radius 1 is 1.00 bits per heavy atom. The number of hydrogen-bond acceptors (Lipinski definition) is 3. The number of benzene rings is 1. The Bertz CT molecular complexity index is 787. The molecule has 1 aliphatic carbocycles. The molecule has 2 heterocycles. The fraction of sp³-hybridized carbons (Fsp3) is 0.550. The third-order valence-corrected chi connectivity index (χ3v) is 5.53. The summed E-state index contributed by atoms with van der Waals surface area (Å²) in [6.07, 6.45) is 4.79. The van der Waals surface area contributed by atoms with Gasteiger partial charge in [0.1, 0.15) is 0 Å². The maximum atomic E-state index is 12.5. The average molecular weight is 325 g/mol. The summed E-state index contributed by atoms with van der Waals surface area (Å²) < 4.78 is 0. The maximum Gasteiger partial charge on any atom is 0.252 e. The van der Waals surface area contributed by atoms with Crippen LogP contribution in [0.25, 0.3) is 10.9 Å². The molecule has 0 atom stereocenters. The van der Waals surface area contributed by atoms with Crippen LogP contribution < -0.4 is 5.56 Å². The van der Waals surface area contributed by atoms with Crippen molar-refractivity contribution in [1.82, 2.24) is 14.8 Å². The van der Waals surface area contributed by atoms with E-state index in [2.05, 4.69) is 39.9 Å². The van der Waals surface area contributed by atoms with Crippen molar-refractivity contribution < 1.29 is 0 Å². The van der Waals surface area contributed by atoms with Crippen molar-refractivity contribution in [3.05, 3.63) is 45.2 Å². The van der Waals surface area contributed by atoms with Crippen molar-refractivity contribution in [2.24, 2.45) is 0 Å². The number of aryl methyl sites for hydroxylation is 2. The molecule has 128 valence electrons. The highest BCUT2D eigenvalue weighted by atomic mass is 16.1. The van der Waals surface area contributed by atoms with Crippen molar-refractivity contribution in [2.75, 3.05) is 32.7 Å². The van der Waals surface area contributed by atoms with Gasteiger partial charge in [0, 0.05) is 43.8 Å². The third-order valence-electron chi connectivity index (χ3n) is 5.53. The molecule has 0 bridgehead atoms. The van der Waals surface area contributed by atoms with E-state index in [1.165, 1.54) is 42.3 Å². The van der Waals surface area contributed by atoms with Crippen molar-refractivity contribution in [2.45, 2.75) is 39.2 Å². The van der Waals surface area contributed by atoms with Gasteiger partial charge in [-0.3, -0.25) is 9.69 Å². The van der Waals surface area contributed by atoms with E-state index in [1.54, 1.807) is 0 Å². The summed E-state index contributed by atoms with van der Waals surface area (Å²) in [5.41, 5.74) is 4.87. The summed E-state index contributed by atoms with van der Waals surface area (Å²) in [4.78, 5) is 20.5. The van der Waals surface area contributed by atoms with Crippen LogP contribution in [0.3, 0.4) is 0 Å². The second-order valence-corrected chi connectivity index (χ2v) is 7.30. The molecule has 1 aromatic heterocycles. The predicted molar refractivity (Wildman–Crippen MR) is 98.6 cm³/mol. The van der Waals surface area contributed by atoms with Gasteiger partial charge in [0.05, 0.1) is 0 Å². The molecule has 1 saturated heterocycles. The molecule has 0 spiro atoms. The highest BCUT2D eigenvalue weighted by Gasteiger charge is 2.18. The summed E-state index contributed by atoms with van der Waals surface area (Å²) >= 11 is 0. The third kappa shape index (κ3) is 3.13. The Balaban J connectivity index is 1.53. The van der Waals surface area contributed by atoms with E-state index in [-0.39, 0.29) is 5.56 Å². The van der Waals surface area contributed by atoms with Gasteiger partial charge < -0.3 is 9.88 Å². The minimum absolute atomic E-state index is 0.0800. The Hall–Kier alpha value is -1.65. The lowest BCUT2D eigenvalue weighted by atomic mass is 10.0. The minimum Gasteiger partial charge on any atom is -0.322 e. The molecule has 1 aromatic carbocycles. The molecular weight excluding hydrogens is 298 g/mol. The first-order valence-electron chi connectivity index (χ1n) is 9.35. The Labute approximate surface area is 143 Å². The van der Waals surface area contributed by atoms with Gasteiger partial charge >= 0.3 is 0 Å². The lowest BCUT2D eigenvalue weighted by molar-refractivity contribution is 0.127. The number of aromatic nitrogens is 1. The molecule has 1 N–H and O–H groups in total. The number of nitrogens with one attached hydrogen (secondary N) is 1. The molecule has 24 heavy (non-hydrogen) atoms. The molecule has 2 aromatic rings. The number of H-pyrrole nitrogens is 1. The molecule has 4 rings (SSSR count). The normalized spacial score (nSPS) is 19.0. The van der Waals surface area contributed by atoms with Crippen molar-refractivity contribution >= 4 is 10.9 Å². The van der Waals surface area contributed by atoms with Gasteiger partial charge in [-0.25, -0.2) is 0 Å². The van der Waals surface area contributed by atoms with Gasteiger partial charge in [0.15, 0.2) is 0 Å². The SMILES string of the molecule is CCCN1CCN(Cc2cc3cc4c(cc3[nH]c2=O)CCC4)CC1. The van der Waals surface area contributed by atoms with Crippen molar-refractivity contribution in [1.29, 1.82) is 0 Å². The Kier molecular flexibility index (Phi) is 4.42. The largest absolute Gasteiger partial charge is 0.322 e.